The van der Waals surface area contributed by atoms with Crippen LogP contribution in [-0.4, -0.2) is 46.9 Å². The van der Waals surface area contributed by atoms with Crippen LogP contribution in [0.5, 0.6) is 5.75 Å². The third-order valence-corrected chi connectivity index (χ3v) is 4.75. The van der Waals surface area contributed by atoms with Gasteiger partial charge in [0.25, 0.3) is 5.89 Å². The number of aliphatic hydroxyl groups is 1. The topological polar surface area (TPSA) is 80.9 Å². The number of methoxy groups -OCH3 is 1. The molecule has 25 heavy (non-hydrogen) atoms. The molecule has 1 saturated heterocycles. The Morgan fingerprint density at radius 3 is 2.72 bits per heavy atom. The molecule has 2 aromatic rings. The predicted molar refractivity (Wildman–Crippen MR) is 91.0 cm³/mol. The van der Waals surface area contributed by atoms with Gasteiger partial charge in [-0.15, -0.1) is 0 Å². The Labute approximate surface area is 147 Å². The molecule has 1 aromatic heterocycles. The molecule has 136 valence electrons. The molecule has 7 nitrogen and oxygen atoms in total. The first kappa shape index (κ1) is 17.8. The van der Waals surface area contributed by atoms with E-state index >= 15 is 0 Å². The van der Waals surface area contributed by atoms with Crippen LogP contribution < -0.4 is 4.74 Å². The molecule has 1 N–H and O–H groups in total. The molecule has 0 saturated carbocycles. The molecule has 2 heterocycles. The average Bonchev–Trinajstić information content (AvgIpc) is 3.23. The van der Waals surface area contributed by atoms with Crippen LogP contribution in [0.1, 0.15) is 37.0 Å². The van der Waals surface area contributed by atoms with Gasteiger partial charge in [0.2, 0.25) is 0 Å². The molecule has 0 aliphatic carbocycles. The fourth-order valence-electron chi connectivity index (χ4n) is 3.38. The van der Waals surface area contributed by atoms with Crippen LogP contribution >= 0.6 is 0 Å². The lowest BCUT2D eigenvalue weighted by Gasteiger charge is -2.35. The number of hydrogen-bond donors (Lipinski definition) is 1. The van der Waals surface area contributed by atoms with Gasteiger partial charge in [-0.3, -0.25) is 0 Å². The third-order valence-electron chi connectivity index (χ3n) is 4.75. The number of likely N-dealkylation sites (tertiary alicyclic amines) is 1. The van der Waals surface area contributed by atoms with E-state index in [1.54, 1.807) is 7.11 Å². The van der Waals surface area contributed by atoms with E-state index in [1.165, 1.54) is 0 Å². The Morgan fingerprint density at radius 1 is 1.32 bits per heavy atom. The highest BCUT2D eigenvalue weighted by Gasteiger charge is 2.38. The molecule has 7 heteroatoms. The Bertz CT molecular complexity index is 684. The molecule has 2 atom stereocenters. The van der Waals surface area contributed by atoms with Gasteiger partial charge in [-0.2, -0.15) is 4.98 Å². The number of ether oxygens (including phenoxy) is 2. The van der Waals surface area contributed by atoms with Gasteiger partial charge in [-0.05, 0) is 51.1 Å². The number of benzene rings is 1. The molecular formula is C18H25N3O4. The van der Waals surface area contributed by atoms with E-state index in [-0.39, 0.29) is 12.6 Å². The Kier molecular flexibility index (Phi) is 5.36. The first-order valence-electron chi connectivity index (χ1n) is 8.47. The molecule has 1 aliphatic rings. The summed E-state index contributed by atoms with van der Waals surface area (Å²) in [7, 11) is 3.64. The van der Waals surface area contributed by atoms with Crippen molar-refractivity contribution in [2.75, 3.05) is 20.7 Å². The van der Waals surface area contributed by atoms with Crippen LogP contribution in [0.2, 0.25) is 0 Å². The Morgan fingerprint density at radius 2 is 2.08 bits per heavy atom. The van der Waals surface area contributed by atoms with Crippen molar-refractivity contribution in [3.05, 3.63) is 41.5 Å². The molecule has 0 spiro atoms. The highest BCUT2D eigenvalue weighted by molar-refractivity contribution is 5.31. The predicted octanol–water partition coefficient (Wildman–Crippen LogP) is 2.10. The van der Waals surface area contributed by atoms with Gasteiger partial charge in [0.05, 0.1) is 0 Å². The Balaban J connectivity index is 1.61. The van der Waals surface area contributed by atoms with E-state index in [0.29, 0.717) is 24.1 Å². The standard InChI is InChI=1S/C18H25N3O4/c1-18(22,15-5-4-10-21(15)2)13-6-8-14(9-7-13)24-12-17-19-16(11-23-3)20-25-17/h6-9,15,22H,4-5,10-12H2,1-3H3/t15-,18?/m1/s1. The highest BCUT2D eigenvalue weighted by atomic mass is 16.5. The average molecular weight is 347 g/mol. The lowest BCUT2D eigenvalue weighted by molar-refractivity contribution is -0.0153. The van der Waals surface area contributed by atoms with Gasteiger partial charge in [-0.1, -0.05) is 17.3 Å². The van der Waals surface area contributed by atoms with Gasteiger partial charge in [0, 0.05) is 13.2 Å². The second-order valence-electron chi connectivity index (χ2n) is 6.64. The van der Waals surface area contributed by atoms with Crippen molar-refractivity contribution < 1.29 is 19.1 Å². The summed E-state index contributed by atoms with van der Waals surface area (Å²) in [5.74, 6) is 1.58. The summed E-state index contributed by atoms with van der Waals surface area (Å²) >= 11 is 0. The van der Waals surface area contributed by atoms with E-state index in [4.69, 9.17) is 14.0 Å². The molecule has 3 rings (SSSR count). The lowest BCUT2D eigenvalue weighted by atomic mass is 9.87. The number of hydrogen-bond acceptors (Lipinski definition) is 7. The van der Waals surface area contributed by atoms with Crippen LogP contribution in [0.3, 0.4) is 0 Å². The molecule has 1 fully saturated rings. The van der Waals surface area contributed by atoms with Crippen LogP contribution in [0, 0.1) is 0 Å². The molecule has 0 bridgehead atoms. The maximum atomic E-state index is 11.0. The van der Waals surface area contributed by atoms with Crippen molar-refractivity contribution in [1.29, 1.82) is 0 Å². The minimum absolute atomic E-state index is 0.136. The maximum absolute atomic E-state index is 11.0. The SMILES string of the molecule is COCc1noc(COc2ccc(C(C)(O)[C@H]3CCCN3C)cc2)n1. The van der Waals surface area contributed by atoms with Crippen LogP contribution in [0.25, 0.3) is 0 Å². The fourth-order valence-corrected chi connectivity index (χ4v) is 3.38. The van der Waals surface area contributed by atoms with Gasteiger partial charge < -0.3 is 24.0 Å². The first-order chi connectivity index (χ1) is 12.0. The number of rotatable bonds is 7. The summed E-state index contributed by atoms with van der Waals surface area (Å²) in [6.45, 7) is 3.41. The molecule has 0 radical (unpaired) electrons. The zero-order chi connectivity index (χ0) is 17.9. The van der Waals surface area contributed by atoms with Crippen molar-refractivity contribution >= 4 is 0 Å². The van der Waals surface area contributed by atoms with E-state index in [9.17, 15) is 5.11 Å². The summed E-state index contributed by atoms with van der Waals surface area (Å²) < 4.78 is 15.7. The number of likely N-dealkylation sites (N-methyl/N-ethyl adjacent to an activating group) is 1. The van der Waals surface area contributed by atoms with Crippen molar-refractivity contribution in [2.45, 2.75) is 44.6 Å². The third kappa shape index (κ3) is 4.00. The highest BCUT2D eigenvalue weighted by Crippen LogP contribution is 2.34. The van der Waals surface area contributed by atoms with Crippen LogP contribution in [0.15, 0.2) is 28.8 Å². The lowest BCUT2D eigenvalue weighted by Crippen LogP contribution is -2.43. The monoisotopic (exact) mass is 347 g/mol. The van der Waals surface area contributed by atoms with Crippen molar-refractivity contribution in [3.63, 3.8) is 0 Å². The van der Waals surface area contributed by atoms with Gasteiger partial charge in [0.15, 0.2) is 12.4 Å². The quantitative estimate of drug-likeness (QED) is 0.821. The summed E-state index contributed by atoms with van der Waals surface area (Å²) in [5.41, 5.74) is 0.00414. The minimum atomic E-state index is -0.884. The molecule has 1 aromatic carbocycles. The number of nitrogens with zero attached hydrogens (tertiary/aromatic N) is 3. The number of aromatic nitrogens is 2. The zero-order valence-corrected chi connectivity index (χ0v) is 14.9. The van der Waals surface area contributed by atoms with Crippen molar-refractivity contribution in [1.82, 2.24) is 15.0 Å². The second-order valence-corrected chi connectivity index (χ2v) is 6.64. The first-order valence-corrected chi connectivity index (χ1v) is 8.47. The summed E-state index contributed by atoms with van der Waals surface area (Å²) in [4.78, 5) is 6.38. The van der Waals surface area contributed by atoms with Crippen LogP contribution in [-0.2, 0) is 23.6 Å². The van der Waals surface area contributed by atoms with E-state index in [2.05, 4.69) is 22.1 Å². The maximum Gasteiger partial charge on any atom is 0.264 e. The Hall–Kier alpha value is -1.96. The normalized spacial score (nSPS) is 20.6. The summed E-state index contributed by atoms with van der Waals surface area (Å²) in [6, 6.07) is 7.66. The molecule has 1 aliphatic heterocycles. The smallest absolute Gasteiger partial charge is 0.264 e. The molecule has 0 amide bonds. The largest absolute Gasteiger partial charge is 0.484 e. The van der Waals surface area contributed by atoms with Gasteiger partial charge in [0.1, 0.15) is 18.0 Å². The van der Waals surface area contributed by atoms with Crippen molar-refractivity contribution in [3.8, 4) is 5.75 Å². The van der Waals surface area contributed by atoms with Gasteiger partial charge in [-0.25, -0.2) is 0 Å². The van der Waals surface area contributed by atoms with E-state index in [0.717, 1.165) is 24.9 Å². The second kappa shape index (κ2) is 7.51. The van der Waals surface area contributed by atoms with E-state index < -0.39 is 5.60 Å². The van der Waals surface area contributed by atoms with Gasteiger partial charge >= 0.3 is 0 Å². The minimum Gasteiger partial charge on any atom is -0.484 e. The van der Waals surface area contributed by atoms with E-state index in [1.807, 2.05) is 31.2 Å². The molecule has 1 unspecified atom stereocenters. The summed E-state index contributed by atoms with van der Waals surface area (Å²) in [6.07, 6.45) is 2.12. The zero-order valence-electron chi connectivity index (χ0n) is 14.9. The molecular weight excluding hydrogens is 322 g/mol. The van der Waals surface area contributed by atoms with Crippen LogP contribution in [0.4, 0.5) is 0 Å². The van der Waals surface area contributed by atoms with Crippen molar-refractivity contribution in [2.24, 2.45) is 0 Å². The fraction of sp³-hybridized carbons (Fsp3) is 0.556. The summed E-state index contributed by atoms with van der Waals surface area (Å²) in [5, 5.41) is 14.8.